The van der Waals surface area contributed by atoms with Crippen LogP contribution >= 0.6 is 0 Å². The van der Waals surface area contributed by atoms with Gasteiger partial charge in [-0.15, -0.1) is 0 Å². The monoisotopic (exact) mass is 191 g/mol. The number of amides is 1. The fourth-order valence-electron chi connectivity index (χ4n) is 0.944. The quantitative estimate of drug-likeness (QED) is 0.794. The Morgan fingerprint density at radius 2 is 2.14 bits per heavy atom. The highest BCUT2D eigenvalue weighted by molar-refractivity contribution is 5.66. The second kappa shape index (κ2) is 5.80. The van der Waals surface area contributed by atoms with E-state index < -0.39 is 6.09 Å². The second-order valence-electron chi connectivity index (χ2n) is 2.66. The lowest BCUT2D eigenvalue weighted by atomic mass is 10.2. The molecule has 0 atom stereocenters. The Kier molecular flexibility index (Phi) is 4.27. The Labute approximate surface area is 83.4 Å². The summed E-state index contributed by atoms with van der Waals surface area (Å²) in [6.07, 6.45) is 3.29. The number of rotatable bonds is 3. The minimum atomic E-state index is -0.414. The number of ether oxygens (including phenoxy) is 1. The molecule has 14 heavy (non-hydrogen) atoms. The standard InChI is InChI=1S/C11H13NO2/c1-12-11(13)14-9-5-8-10-6-3-2-4-7-10/h2-8H,9H2,1H3,(H,12,13)/b8-5+. The first-order valence-electron chi connectivity index (χ1n) is 4.39. The number of hydrogen-bond donors (Lipinski definition) is 1. The van der Waals surface area contributed by atoms with Crippen LogP contribution in [-0.4, -0.2) is 19.7 Å². The summed E-state index contributed by atoms with van der Waals surface area (Å²) >= 11 is 0. The summed E-state index contributed by atoms with van der Waals surface area (Å²) in [6, 6.07) is 9.84. The lowest BCUT2D eigenvalue weighted by molar-refractivity contribution is 0.161. The predicted octanol–water partition coefficient (Wildman–Crippen LogP) is 2.06. The number of carbonyl (C=O) groups excluding carboxylic acids is 1. The first-order valence-corrected chi connectivity index (χ1v) is 4.39. The molecule has 0 heterocycles. The van der Waals surface area contributed by atoms with Gasteiger partial charge in [0.15, 0.2) is 0 Å². The molecule has 0 aliphatic carbocycles. The van der Waals surface area contributed by atoms with Crippen LogP contribution in [0.3, 0.4) is 0 Å². The molecule has 0 radical (unpaired) electrons. The lowest BCUT2D eigenvalue weighted by Gasteiger charge is -1.98. The zero-order valence-electron chi connectivity index (χ0n) is 8.07. The van der Waals surface area contributed by atoms with Crippen LogP contribution in [0.2, 0.25) is 0 Å². The van der Waals surface area contributed by atoms with Crippen molar-refractivity contribution < 1.29 is 9.53 Å². The molecular formula is C11H13NO2. The molecular weight excluding hydrogens is 178 g/mol. The third-order valence-electron chi connectivity index (χ3n) is 1.62. The first-order chi connectivity index (χ1) is 6.83. The van der Waals surface area contributed by atoms with Gasteiger partial charge in [0.1, 0.15) is 6.61 Å². The van der Waals surface area contributed by atoms with E-state index in [1.807, 2.05) is 36.4 Å². The molecule has 0 bridgehead atoms. The highest BCUT2D eigenvalue weighted by atomic mass is 16.5. The Morgan fingerprint density at radius 3 is 2.79 bits per heavy atom. The van der Waals surface area contributed by atoms with Gasteiger partial charge in [-0.25, -0.2) is 4.79 Å². The molecule has 3 heteroatoms. The number of benzene rings is 1. The number of alkyl carbamates (subject to hydrolysis) is 1. The van der Waals surface area contributed by atoms with Crippen molar-refractivity contribution in [1.82, 2.24) is 5.32 Å². The van der Waals surface area contributed by atoms with Crippen LogP contribution in [0.1, 0.15) is 5.56 Å². The van der Waals surface area contributed by atoms with Crippen LogP contribution in [0.5, 0.6) is 0 Å². The molecule has 0 saturated carbocycles. The van der Waals surface area contributed by atoms with Gasteiger partial charge in [0.25, 0.3) is 0 Å². The van der Waals surface area contributed by atoms with Gasteiger partial charge in [-0.3, -0.25) is 0 Å². The molecule has 74 valence electrons. The van der Waals surface area contributed by atoms with Crippen molar-refractivity contribution in [3.63, 3.8) is 0 Å². The van der Waals surface area contributed by atoms with Gasteiger partial charge in [-0.05, 0) is 11.6 Å². The van der Waals surface area contributed by atoms with E-state index in [0.29, 0.717) is 0 Å². The molecule has 1 rings (SSSR count). The normalized spacial score (nSPS) is 10.1. The summed E-state index contributed by atoms with van der Waals surface area (Å²) in [4.78, 5) is 10.7. The van der Waals surface area contributed by atoms with E-state index in [1.54, 1.807) is 6.08 Å². The van der Waals surface area contributed by atoms with E-state index >= 15 is 0 Å². The average molecular weight is 191 g/mol. The van der Waals surface area contributed by atoms with E-state index in [9.17, 15) is 4.79 Å². The molecule has 1 N–H and O–H groups in total. The van der Waals surface area contributed by atoms with Gasteiger partial charge in [0.05, 0.1) is 0 Å². The molecule has 0 aliphatic heterocycles. The van der Waals surface area contributed by atoms with E-state index in [-0.39, 0.29) is 6.61 Å². The summed E-state index contributed by atoms with van der Waals surface area (Å²) < 4.78 is 4.78. The van der Waals surface area contributed by atoms with E-state index in [1.165, 1.54) is 7.05 Å². The Hall–Kier alpha value is -1.77. The van der Waals surface area contributed by atoms with Crippen molar-refractivity contribution in [1.29, 1.82) is 0 Å². The van der Waals surface area contributed by atoms with Gasteiger partial charge in [0, 0.05) is 7.05 Å². The molecule has 0 unspecified atom stereocenters. The van der Waals surface area contributed by atoms with Crippen LogP contribution in [0.4, 0.5) is 4.79 Å². The van der Waals surface area contributed by atoms with Crippen molar-refractivity contribution >= 4 is 12.2 Å². The van der Waals surface area contributed by atoms with Crippen LogP contribution in [0, 0.1) is 0 Å². The molecule has 3 nitrogen and oxygen atoms in total. The molecule has 0 spiro atoms. The smallest absolute Gasteiger partial charge is 0.407 e. The topological polar surface area (TPSA) is 38.3 Å². The zero-order valence-corrected chi connectivity index (χ0v) is 8.07. The van der Waals surface area contributed by atoms with Gasteiger partial charge < -0.3 is 10.1 Å². The largest absolute Gasteiger partial charge is 0.445 e. The Bertz CT molecular complexity index is 306. The fraction of sp³-hybridized carbons (Fsp3) is 0.182. The minimum Gasteiger partial charge on any atom is -0.445 e. The maximum absolute atomic E-state index is 10.7. The maximum Gasteiger partial charge on any atom is 0.407 e. The molecule has 0 aromatic heterocycles. The predicted molar refractivity (Wildman–Crippen MR) is 55.9 cm³/mol. The molecule has 1 amide bonds. The van der Waals surface area contributed by atoms with Crippen molar-refractivity contribution in [3.05, 3.63) is 42.0 Å². The number of nitrogens with one attached hydrogen (secondary N) is 1. The summed E-state index contributed by atoms with van der Waals surface area (Å²) in [5.74, 6) is 0. The van der Waals surface area contributed by atoms with Gasteiger partial charge in [0.2, 0.25) is 0 Å². The minimum absolute atomic E-state index is 0.286. The highest BCUT2D eigenvalue weighted by Gasteiger charge is 1.92. The first kappa shape index (κ1) is 10.3. The third kappa shape index (κ3) is 3.76. The Morgan fingerprint density at radius 1 is 1.43 bits per heavy atom. The average Bonchev–Trinajstić information content (AvgIpc) is 2.25. The third-order valence-corrected chi connectivity index (χ3v) is 1.62. The SMILES string of the molecule is CNC(=O)OC/C=C/c1ccccc1. The van der Waals surface area contributed by atoms with Crippen LogP contribution < -0.4 is 5.32 Å². The summed E-state index contributed by atoms with van der Waals surface area (Å²) in [6.45, 7) is 0.286. The molecule has 1 aromatic rings. The summed E-state index contributed by atoms with van der Waals surface area (Å²) in [7, 11) is 1.53. The second-order valence-corrected chi connectivity index (χ2v) is 2.66. The van der Waals surface area contributed by atoms with E-state index in [0.717, 1.165) is 5.56 Å². The maximum atomic E-state index is 10.7. The Balaban J connectivity index is 2.31. The van der Waals surface area contributed by atoms with E-state index in [4.69, 9.17) is 4.74 Å². The zero-order chi connectivity index (χ0) is 10.2. The van der Waals surface area contributed by atoms with Gasteiger partial charge in [-0.1, -0.05) is 36.4 Å². The van der Waals surface area contributed by atoms with Crippen molar-refractivity contribution in [2.75, 3.05) is 13.7 Å². The molecule has 1 aromatic carbocycles. The van der Waals surface area contributed by atoms with Gasteiger partial charge >= 0.3 is 6.09 Å². The summed E-state index contributed by atoms with van der Waals surface area (Å²) in [5.41, 5.74) is 1.09. The molecule has 0 saturated heterocycles. The van der Waals surface area contributed by atoms with Gasteiger partial charge in [-0.2, -0.15) is 0 Å². The lowest BCUT2D eigenvalue weighted by Crippen LogP contribution is -2.18. The van der Waals surface area contributed by atoms with E-state index in [2.05, 4.69) is 5.32 Å². The van der Waals surface area contributed by atoms with Crippen molar-refractivity contribution in [3.8, 4) is 0 Å². The fourth-order valence-corrected chi connectivity index (χ4v) is 0.944. The number of hydrogen-bond acceptors (Lipinski definition) is 2. The summed E-state index contributed by atoms with van der Waals surface area (Å²) in [5, 5.41) is 2.37. The molecule has 0 fully saturated rings. The molecule has 0 aliphatic rings. The van der Waals surface area contributed by atoms with Crippen LogP contribution in [0.15, 0.2) is 36.4 Å². The van der Waals surface area contributed by atoms with Crippen LogP contribution in [-0.2, 0) is 4.74 Å². The van der Waals surface area contributed by atoms with Crippen molar-refractivity contribution in [2.24, 2.45) is 0 Å². The van der Waals surface area contributed by atoms with Crippen LogP contribution in [0.25, 0.3) is 6.08 Å². The highest BCUT2D eigenvalue weighted by Crippen LogP contribution is 2.00. The van der Waals surface area contributed by atoms with Crippen molar-refractivity contribution in [2.45, 2.75) is 0 Å². The number of carbonyl (C=O) groups is 1.